The average molecular weight is 297 g/mol. The van der Waals surface area contributed by atoms with Crippen LogP contribution in [0.5, 0.6) is 0 Å². The topological polar surface area (TPSA) is 75.6 Å². The van der Waals surface area contributed by atoms with E-state index in [1.807, 2.05) is 7.05 Å². The number of likely N-dealkylation sites (tertiary alicyclic amines) is 1. The van der Waals surface area contributed by atoms with Gasteiger partial charge in [0.25, 0.3) is 5.91 Å². The molecular formula is C14H21ClN4O. The molecule has 1 saturated heterocycles. The van der Waals surface area contributed by atoms with Crippen LogP contribution in [0, 0.1) is 0 Å². The Labute approximate surface area is 124 Å². The molecule has 1 aliphatic rings. The van der Waals surface area contributed by atoms with Gasteiger partial charge in [-0.05, 0) is 38.6 Å². The van der Waals surface area contributed by atoms with E-state index in [0.29, 0.717) is 28.0 Å². The lowest BCUT2D eigenvalue weighted by atomic mass is 10.0. The number of nitrogen functional groups attached to an aromatic ring is 1. The first-order chi connectivity index (χ1) is 9.40. The van der Waals surface area contributed by atoms with Crippen LogP contribution in [-0.2, 0) is 0 Å². The maximum atomic E-state index is 11.6. The smallest absolute Gasteiger partial charge is 0.250 e. The number of hydrogen-bond acceptors (Lipinski definition) is 4. The van der Waals surface area contributed by atoms with Gasteiger partial charge in [0, 0.05) is 25.3 Å². The monoisotopic (exact) mass is 296 g/mol. The number of nitrogens with zero attached hydrogens (tertiary/aromatic N) is 2. The van der Waals surface area contributed by atoms with Crippen molar-refractivity contribution in [3.8, 4) is 0 Å². The van der Waals surface area contributed by atoms with Crippen LogP contribution in [0.3, 0.4) is 0 Å². The number of rotatable bonds is 3. The third kappa shape index (κ3) is 2.99. The molecule has 1 aromatic rings. The van der Waals surface area contributed by atoms with E-state index in [1.165, 1.54) is 0 Å². The zero-order valence-electron chi connectivity index (χ0n) is 11.9. The van der Waals surface area contributed by atoms with Crippen LogP contribution in [0.15, 0.2) is 12.1 Å². The Morgan fingerprint density at radius 2 is 2.20 bits per heavy atom. The van der Waals surface area contributed by atoms with Crippen LogP contribution in [0.4, 0.5) is 11.4 Å². The van der Waals surface area contributed by atoms with E-state index >= 15 is 0 Å². The van der Waals surface area contributed by atoms with E-state index < -0.39 is 5.91 Å². The fourth-order valence-corrected chi connectivity index (χ4v) is 3.17. The second kappa shape index (κ2) is 5.89. The molecule has 1 heterocycles. The molecule has 1 atom stereocenters. The highest BCUT2D eigenvalue weighted by Crippen LogP contribution is 2.34. The van der Waals surface area contributed by atoms with Gasteiger partial charge in [-0.25, -0.2) is 0 Å². The van der Waals surface area contributed by atoms with Gasteiger partial charge in [0.05, 0.1) is 16.3 Å². The van der Waals surface area contributed by atoms with E-state index in [9.17, 15) is 4.79 Å². The Balaban J connectivity index is 2.38. The molecule has 0 aromatic heterocycles. The predicted molar refractivity (Wildman–Crippen MR) is 83.3 cm³/mol. The lowest BCUT2D eigenvalue weighted by Gasteiger charge is -2.38. The van der Waals surface area contributed by atoms with Gasteiger partial charge < -0.3 is 21.3 Å². The van der Waals surface area contributed by atoms with Gasteiger partial charge in [0.15, 0.2) is 0 Å². The highest BCUT2D eigenvalue weighted by Gasteiger charge is 2.25. The van der Waals surface area contributed by atoms with E-state index in [0.717, 1.165) is 25.9 Å². The zero-order valence-corrected chi connectivity index (χ0v) is 12.7. The number of piperidine rings is 1. The maximum absolute atomic E-state index is 11.6. The number of hydrogen-bond donors (Lipinski definition) is 2. The number of amides is 1. The molecular weight excluding hydrogens is 276 g/mol. The van der Waals surface area contributed by atoms with Crippen LogP contribution in [0.1, 0.15) is 23.2 Å². The number of carbonyl (C=O) groups is 1. The van der Waals surface area contributed by atoms with Gasteiger partial charge in [0.1, 0.15) is 0 Å². The van der Waals surface area contributed by atoms with Crippen LogP contribution >= 0.6 is 11.6 Å². The molecule has 5 nitrogen and oxygen atoms in total. The van der Waals surface area contributed by atoms with E-state index in [-0.39, 0.29) is 0 Å². The summed E-state index contributed by atoms with van der Waals surface area (Å²) >= 11 is 6.29. The minimum absolute atomic E-state index is 0.313. The van der Waals surface area contributed by atoms with Crippen LogP contribution in [0.2, 0.25) is 5.02 Å². The first-order valence-electron chi connectivity index (χ1n) is 6.70. The number of halogens is 1. The molecule has 0 aliphatic carbocycles. The van der Waals surface area contributed by atoms with Crippen LogP contribution in [0.25, 0.3) is 0 Å². The summed E-state index contributed by atoms with van der Waals surface area (Å²) in [6.45, 7) is 2.04. The molecule has 110 valence electrons. The molecule has 0 bridgehead atoms. The average Bonchev–Trinajstić information content (AvgIpc) is 2.37. The van der Waals surface area contributed by atoms with Crippen molar-refractivity contribution in [2.45, 2.75) is 18.9 Å². The number of benzene rings is 1. The summed E-state index contributed by atoms with van der Waals surface area (Å²) in [5.41, 5.74) is 12.7. The summed E-state index contributed by atoms with van der Waals surface area (Å²) in [7, 11) is 4.05. The van der Waals surface area contributed by atoms with Crippen molar-refractivity contribution >= 4 is 28.9 Å². The van der Waals surface area contributed by atoms with Crippen molar-refractivity contribution in [1.82, 2.24) is 4.90 Å². The van der Waals surface area contributed by atoms with Crippen LogP contribution in [-0.4, -0.2) is 44.0 Å². The molecule has 1 aromatic carbocycles. The van der Waals surface area contributed by atoms with Gasteiger partial charge in [-0.2, -0.15) is 0 Å². The molecule has 1 fully saturated rings. The minimum atomic E-state index is -0.509. The summed E-state index contributed by atoms with van der Waals surface area (Å²) in [5.74, 6) is -0.509. The van der Waals surface area contributed by atoms with Crippen molar-refractivity contribution in [3.63, 3.8) is 0 Å². The largest absolute Gasteiger partial charge is 0.399 e. The highest BCUT2D eigenvalue weighted by molar-refractivity contribution is 6.34. The van der Waals surface area contributed by atoms with E-state index in [2.05, 4.69) is 16.8 Å². The van der Waals surface area contributed by atoms with Gasteiger partial charge in [-0.15, -0.1) is 0 Å². The van der Waals surface area contributed by atoms with Gasteiger partial charge in [-0.1, -0.05) is 11.6 Å². The lowest BCUT2D eigenvalue weighted by molar-refractivity contribution is 0.100. The van der Waals surface area contributed by atoms with E-state index in [4.69, 9.17) is 23.1 Å². The molecule has 6 heteroatoms. The number of likely N-dealkylation sites (N-methyl/N-ethyl adjacent to an activating group) is 2. The van der Waals surface area contributed by atoms with Gasteiger partial charge >= 0.3 is 0 Å². The Bertz CT molecular complexity index is 520. The summed E-state index contributed by atoms with van der Waals surface area (Å²) in [6, 6.07) is 3.56. The zero-order chi connectivity index (χ0) is 14.9. The third-order valence-corrected chi connectivity index (χ3v) is 4.14. The van der Waals surface area contributed by atoms with E-state index in [1.54, 1.807) is 12.1 Å². The van der Waals surface area contributed by atoms with Crippen molar-refractivity contribution < 1.29 is 4.79 Å². The maximum Gasteiger partial charge on any atom is 0.250 e. The summed E-state index contributed by atoms with van der Waals surface area (Å²) in [4.78, 5) is 16.0. The normalized spacial score (nSPS) is 19.9. The third-order valence-electron chi connectivity index (χ3n) is 3.85. The Morgan fingerprint density at radius 3 is 2.80 bits per heavy atom. The Morgan fingerprint density at radius 1 is 1.50 bits per heavy atom. The minimum Gasteiger partial charge on any atom is -0.399 e. The summed E-state index contributed by atoms with van der Waals surface area (Å²) in [5, 5.41) is 0.467. The van der Waals surface area contributed by atoms with Gasteiger partial charge in [-0.3, -0.25) is 4.79 Å². The lowest BCUT2D eigenvalue weighted by Crippen LogP contribution is -2.45. The predicted octanol–water partition coefficient (Wildman–Crippen LogP) is 1.55. The number of nitrogens with two attached hydrogens (primary N) is 2. The van der Waals surface area contributed by atoms with Crippen molar-refractivity contribution in [2.24, 2.45) is 5.73 Å². The standard InChI is InChI=1S/C14H21ClN4O/c1-18-5-3-4-10(8-18)19(2)13-11(14(17)20)6-9(16)7-12(13)15/h6-7,10H,3-5,8,16H2,1-2H3,(H2,17,20). The molecule has 4 N–H and O–H groups in total. The second-order valence-corrected chi connectivity index (χ2v) is 5.84. The van der Waals surface area contributed by atoms with Crippen molar-refractivity contribution in [3.05, 3.63) is 22.7 Å². The Kier molecular flexibility index (Phi) is 4.40. The van der Waals surface area contributed by atoms with Gasteiger partial charge in [0.2, 0.25) is 0 Å². The first kappa shape index (κ1) is 14.9. The highest BCUT2D eigenvalue weighted by atomic mass is 35.5. The molecule has 1 aliphatic heterocycles. The molecule has 20 heavy (non-hydrogen) atoms. The molecule has 1 amide bonds. The summed E-state index contributed by atoms with van der Waals surface area (Å²) in [6.07, 6.45) is 2.20. The number of primary amides is 1. The second-order valence-electron chi connectivity index (χ2n) is 5.43. The molecule has 2 rings (SSSR count). The fourth-order valence-electron chi connectivity index (χ4n) is 2.80. The molecule has 0 saturated carbocycles. The quantitative estimate of drug-likeness (QED) is 0.830. The number of carbonyl (C=O) groups excluding carboxylic acids is 1. The fraction of sp³-hybridized carbons (Fsp3) is 0.500. The van der Waals surface area contributed by atoms with Crippen molar-refractivity contribution in [1.29, 1.82) is 0 Å². The first-order valence-corrected chi connectivity index (χ1v) is 7.08. The van der Waals surface area contributed by atoms with Crippen LogP contribution < -0.4 is 16.4 Å². The SMILES string of the molecule is CN1CCCC(N(C)c2c(Cl)cc(N)cc2C(N)=O)C1. The molecule has 1 unspecified atom stereocenters. The molecule has 0 radical (unpaired) electrons. The Hall–Kier alpha value is -1.46. The molecule has 0 spiro atoms. The van der Waals surface area contributed by atoms with Crippen molar-refractivity contribution in [2.75, 3.05) is 37.8 Å². The summed E-state index contributed by atoms with van der Waals surface area (Å²) < 4.78 is 0. The number of anilines is 2.